The Morgan fingerprint density at radius 2 is 2.16 bits per heavy atom. The van der Waals surface area contributed by atoms with Crippen molar-refractivity contribution < 1.29 is 5.11 Å². The largest absolute Gasteiger partial charge is 0.396 e. The quantitative estimate of drug-likeness (QED) is 0.852. The van der Waals surface area contributed by atoms with Gasteiger partial charge in [0.2, 0.25) is 0 Å². The summed E-state index contributed by atoms with van der Waals surface area (Å²) >= 11 is 1.72. The van der Waals surface area contributed by atoms with Crippen molar-refractivity contribution >= 4 is 21.6 Å². The third kappa shape index (κ3) is 2.81. The van der Waals surface area contributed by atoms with Crippen molar-refractivity contribution in [3.8, 4) is 0 Å². The van der Waals surface area contributed by atoms with Gasteiger partial charge >= 0.3 is 0 Å². The number of nitrogens with zero attached hydrogens (tertiary/aromatic N) is 1. The van der Waals surface area contributed by atoms with Crippen LogP contribution in [0.2, 0.25) is 0 Å². The van der Waals surface area contributed by atoms with Crippen molar-refractivity contribution in [3.05, 3.63) is 29.3 Å². The zero-order valence-electron chi connectivity index (χ0n) is 11.0. The second kappa shape index (κ2) is 5.19. The van der Waals surface area contributed by atoms with Crippen molar-refractivity contribution in [2.75, 3.05) is 13.2 Å². The van der Waals surface area contributed by atoms with E-state index in [1.807, 2.05) is 18.2 Å². The van der Waals surface area contributed by atoms with Crippen molar-refractivity contribution in [1.82, 2.24) is 4.98 Å². The van der Waals surface area contributed by atoms with Crippen LogP contribution in [0.15, 0.2) is 24.3 Å². The van der Waals surface area contributed by atoms with Crippen LogP contribution >= 0.6 is 11.3 Å². The first-order valence-corrected chi connectivity index (χ1v) is 7.72. The summed E-state index contributed by atoms with van der Waals surface area (Å²) in [5.41, 5.74) is 6.84. The van der Waals surface area contributed by atoms with E-state index in [1.165, 1.54) is 17.5 Å². The van der Waals surface area contributed by atoms with E-state index in [2.05, 4.69) is 11.1 Å². The molecule has 3 nitrogen and oxygen atoms in total. The summed E-state index contributed by atoms with van der Waals surface area (Å²) < 4.78 is 1.22. The Bertz CT molecular complexity index is 525. The van der Waals surface area contributed by atoms with Gasteiger partial charge in [-0.15, -0.1) is 11.3 Å². The highest BCUT2D eigenvalue weighted by Crippen LogP contribution is 2.42. The van der Waals surface area contributed by atoms with Crippen LogP contribution in [-0.4, -0.2) is 23.2 Å². The third-order valence-corrected chi connectivity index (χ3v) is 5.09. The molecule has 1 fully saturated rings. The number of hydrogen-bond acceptors (Lipinski definition) is 4. The maximum Gasteiger partial charge on any atom is 0.0945 e. The SMILES string of the molecule is NCC(CO)(Cc1nc2ccccc2s1)CC1CC1. The fourth-order valence-corrected chi connectivity index (χ4v) is 3.80. The molecule has 3 rings (SSSR count). The van der Waals surface area contributed by atoms with Gasteiger partial charge in [-0.3, -0.25) is 0 Å². The molecule has 0 bridgehead atoms. The first-order valence-electron chi connectivity index (χ1n) is 6.90. The molecule has 1 aromatic heterocycles. The van der Waals surface area contributed by atoms with Gasteiger partial charge in [-0.25, -0.2) is 4.98 Å². The molecule has 0 saturated heterocycles. The molecular formula is C15H20N2OS. The van der Waals surface area contributed by atoms with Crippen LogP contribution in [0.4, 0.5) is 0 Å². The molecule has 19 heavy (non-hydrogen) atoms. The van der Waals surface area contributed by atoms with Crippen LogP contribution in [0.1, 0.15) is 24.3 Å². The molecule has 1 atom stereocenters. The minimum Gasteiger partial charge on any atom is -0.396 e. The molecule has 4 heteroatoms. The Morgan fingerprint density at radius 3 is 2.79 bits per heavy atom. The molecule has 1 saturated carbocycles. The zero-order valence-corrected chi connectivity index (χ0v) is 11.8. The number of para-hydroxylation sites is 1. The lowest BCUT2D eigenvalue weighted by Crippen LogP contribution is -2.37. The lowest BCUT2D eigenvalue weighted by atomic mass is 9.80. The highest BCUT2D eigenvalue weighted by atomic mass is 32.1. The lowest BCUT2D eigenvalue weighted by molar-refractivity contribution is 0.115. The molecule has 1 aliphatic rings. The van der Waals surface area contributed by atoms with E-state index >= 15 is 0 Å². The summed E-state index contributed by atoms with van der Waals surface area (Å²) in [6, 6.07) is 8.19. The van der Waals surface area contributed by atoms with E-state index in [4.69, 9.17) is 5.73 Å². The number of aliphatic hydroxyl groups is 1. The molecular weight excluding hydrogens is 256 g/mol. The summed E-state index contributed by atoms with van der Waals surface area (Å²) in [5, 5.41) is 10.9. The second-order valence-electron chi connectivity index (χ2n) is 5.76. The molecule has 2 aromatic rings. The molecule has 0 radical (unpaired) electrons. The molecule has 0 amide bonds. The second-order valence-corrected chi connectivity index (χ2v) is 6.88. The van der Waals surface area contributed by atoms with Crippen LogP contribution in [-0.2, 0) is 6.42 Å². The molecule has 1 aromatic carbocycles. The van der Waals surface area contributed by atoms with Gasteiger partial charge in [0.05, 0.1) is 21.8 Å². The Hall–Kier alpha value is -0.970. The zero-order chi connectivity index (χ0) is 13.3. The first kappa shape index (κ1) is 13.0. The Morgan fingerprint density at radius 1 is 1.37 bits per heavy atom. The number of benzene rings is 1. The van der Waals surface area contributed by atoms with Gasteiger partial charge in [-0.2, -0.15) is 0 Å². The fourth-order valence-electron chi connectivity index (χ4n) is 2.66. The fraction of sp³-hybridized carbons (Fsp3) is 0.533. The topological polar surface area (TPSA) is 59.1 Å². The number of nitrogens with two attached hydrogens (primary N) is 1. The Labute approximate surface area is 117 Å². The minimum atomic E-state index is -0.172. The maximum absolute atomic E-state index is 9.79. The van der Waals surface area contributed by atoms with E-state index in [0.29, 0.717) is 6.54 Å². The van der Waals surface area contributed by atoms with E-state index in [-0.39, 0.29) is 12.0 Å². The monoisotopic (exact) mass is 276 g/mol. The van der Waals surface area contributed by atoms with E-state index < -0.39 is 0 Å². The highest BCUT2D eigenvalue weighted by molar-refractivity contribution is 7.18. The van der Waals surface area contributed by atoms with Crippen molar-refractivity contribution in [2.45, 2.75) is 25.7 Å². The van der Waals surface area contributed by atoms with Gasteiger partial charge in [0.1, 0.15) is 0 Å². The predicted molar refractivity (Wildman–Crippen MR) is 79.2 cm³/mol. The lowest BCUT2D eigenvalue weighted by Gasteiger charge is -2.29. The summed E-state index contributed by atoms with van der Waals surface area (Å²) in [4.78, 5) is 4.67. The number of rotatable bonds is 6. The van der Waals surface area contributed by atoms with E-state index in [1.54, 1.807) is 11.3 Å². The number of fused-ring (bicyclic) bond motifs is 1. The van der Waals surface area contributed by atoms with Gasteiger partial charge in [0, 0.05) is 18.4 Å². The van der Waals surface area contributed by atoms with Crippen LogP contribution in [0.3, 0.4) is 0 Å². The smallest absolute Gasteiger partial charge is 0.0945 e. The van der Waals surface area contributed by atoms with Crippen LogP contribution in [0.25, 0.3) is 10.2 Å². The average Bonchev–Trinajstić information content (AvgIpc) is 3.15. The number of aliphatic hydroxyl groups excluding tert-OH is 1. The van der Waals surface area contributed by atoms with E-state index in [0.717, 1.165) is 29.3 Å². The molecule has 0 aliphatic heterocycles. The van der Waals surface area contributed by atoms with Gasteiger partial charge < -0.3 is 10.8 Å². The van der Waals surface area contributed by atoms with Crippen molar-refractivity contribution in [1.29, 1.82) is 0 Å². The first-order chi connectivity index (χ1) is 9.24. The Kier molecular flexibility index (Phi) is 3.56. The van der Waals surface area contributed by atoms with Gasteiger partial charge in [0.25, 0.3) is 0 Å². The highest BCUT2D eigenvalue weighted by Gasteiger charge is 2.36. The molecule has 1 heterocycles. The number of hydrogen-bond donors (Lipinski definition) is 2. The van der Waals surface area contributed by atoms with Crippen LogP contribution in [0, 0.1) is 11.3 Å². The maximum atomic E-state index is 9.79. The van der Waals surface area contributed by atoms with Gasteiger partial charge in [-0.1, -0.05) is 25.0 Å². The molecule has 3 N–H and O–H groups in total. The van der Waals surface area contributed by atoms with Crippen molar-refractivity contribution in [3.63, 3.8) is 0 Å². The Balaban J connectivity index is 1.83. The van der Waals surface area contributed by atoms with Crippen LogP contribution < -0.4 is 5.73 Å². The standard InChI is InChI=1S/C15H20N2OS/c16-9-15(10-18,7-11-5-6-11)8-14-17-12-3-1-2-4-13(12)19-14/h1-4,11,18H,5-10,16H2. The third-order valence-electron chi connectivity index (χ3n) is 4.05. The van der Waals surface area contributed by atoms with Crippen molar-refractivity contribution in [2.24, 2.45) is 17.1 Å². The van der Waals surface area contributed by atoms with E-state index in [9.17, 15) is 5.11 Å². The predicted octanol–water partition coefficient (Wildman–Crippen LogP) is 2.58. The van der Waals surface area contributed by atoms with Gasteiger partial charge in [-0.05, 0) is 24.5 Å². The summed E-state index contributed by atoms with van der Waals surface area (Å²) in [6.07, 6.45) is 4.43. The molecule has 0 spiro atoms. The van der Waals surface area contributed by atoms with Crippen LogP contribution in [0.5, 0.6) is 0 Å². The normalized spacial score (nSPS) is 18.6. The summed E-state index contributed by atoms with van der Waals surface area (Å²) in [5.74, 6) is 0.769. The summed E-state index contributed by atoms with van der Waals surface area (Å²) in [7, 11) is 0. The molecule has 1 aliphatic carbocycles. The molecule has 102 valence electrons. The number of aromatic nitrogens is 1. The minimum absolute atomic E-state index is 0.163. The average molecular weight is 276 g/mol. The number of thiazole rings is 1. The summed E-state index contributed by atoms with van der Waals surface area (Å²) in [6.45, 7) is 0.700. The van der Waals surface area contributed by atoms with Gasteiger partial charge in [0.15, 0.2) is 0 Å². The molecule has 1 unspecified atom stereocenters.